The summed E-state index contributed by atoms with van der Waals surface area (Å²) in [5.41, 5.74) is 2.81. The van der Waals surface area contributed by atoms with Gasteiger partial charge in [0, 0.05) is 13.1 Å². The minimum absolute atomic E-state index is 0.874. The molecular weight excluding hydrogens is 256 g/mol. The van der Waals surface area contributed by atoms with Crippen molar-refractivity contribution in [3.05, 3.63) is 71.8 Å². The predicted octanol–water partition coefficient (Wildman–Crippen LogP) is 3.30. The maximum Gasteiger partial charge on any atom is 0.0237 e. The van der Waals surface area contributed by atoms with Gasteiger partial charge in [-0.1, -0.05) is 60.7 Å². The Hall–Kier alpha value is -1.64. The summed E-state index contributed by atoms with van der Waals surface area (Å²) < 4.78 is 0. The molecular formula is C19H24N2. The molecule has 1 N–H and O–H groups in total. The highest BCUT2D eigenvalue weighted by Crippen LogP contribution is 2.14. The van der Waals surface area contributed by atoms with Crippen molar-refractivity contribution in [3.8, 4) is 0 Å². The molecule has 1 fully saturated rings. The number of rotatable bonds is 7. The van der Waals surface area contributed by atoms with Crippen LogP contribution in [0, 0.1) is 5.92 Å². The summed E-state index contributed by atoms with van der Waals surface area (Å²) in [6.07, 6.45) is 1.30. The van der Waals surface area contributed by atoms with Crippen LogP contribution < -0.4 is 5.32 Å². The molecule has 3 rings (SSSR count). The Balaban J connectivity index is 1.61. The molecule has 0 aromatic heterocycles. The molecule has 21 heavy (non-hydrogen) atoms. The molecule has 0 unspecified atom stereocenters. The fourth-order valence-electron chi connectivity index (χ4n) is 2.81. The summed E-state index contributed by atoms with van der Waals surface area (Å²) in [4.78, 5) is 2.57. The zero-order valence-corrected chi connectivity index (χ0v) is 12.5. The van der Waals surface area contributed by atoms with Crippen molar-refractivity contribution < 1.29 is 0 Å². The fourth-order valence-corrected chi connectivity index (χ4v) is 2.81. The molecule has 0 spiro atoms. The Labute approximate surface area is 127 Å². The molecule has 0 radical (unpaired) electrons. The summed E-state index contributed by atoms with van der Waals surface area (Å²) in [6, 6.07) is 21.6. The maximum absolute atomic E-state index is 3.37. The van der Waals surface area contributed by atoms with Gasteiger partial charge in [0.2, 0.25) is 0 Å². The second-order valence-electron chi connectivity index (χ2n) is 5.99. The van der Waals surface area contributed by atoms with Crippen LogP contribution in [0.4, 0.5) is 0 Å². The van der Waals surface area contributed by atoms with E-state index >= 15 is 0 Å². The minimum atomic E-state index is 0.874. The van der Waals surface area contributed by atoms with E-state index < -0.39 is 0 Å². The van der Waals surface area contributed by atoms with Gasteiger partial charge in [-0.25, -0.2) is 0 Å². The van der Waals surface area contributed by atoms with Crippen molar-refractivity contribution in [1.82, 2.24) is 10.2 Å². The second kappa shape index (κ2) is 7.39. The van der Waals surface area contributed by atoms with Crippen molar-refractivity contribution in [2.24, 2.45) is 5.92 Å². The monoisotopic (exact) mass is 280 g/mol. The Morgan fingerprint density at radius 3 is 1.76 bits per heavy atom. The van der Waals surface area contributed by atoms with Crippen LogP contribution in [0.25, 0.3) is 0 Å². The summed E-state index contributed by atoms with van der Waals surface area (Å²) in [5, 5.41) is 3.37. The van der Waals surface area contributed by atoms with Gasteiger partial charge in [0.1, 0.15) is 0 Å². The van der Waals surface area contributed by atoms with Crippen LogP contribution in [0.15, 0.2) is 60.7 Å². The first-order chi connectivity index (χ1) is 10.4. The highest BCUT2D eigenvalue weighted by molar-refractivity contribution is 5.17. The lowest BCUT2D eigenvalue weighted by Gasteiger charge is -2.30. The lowest BCUT2D eigenvalue weighted by atomic mass is 9.99. The first kappa shape index (κ1) is 14.3. The van der Waals surface area contributed by atoms with Crippen LogP contribution in [-0.2, 0) is 13.1 Å². The summed E-state index contributed by atoms with van der Waals surface area (Å²) in [6.45, 7) is 5.65. The highest BCUT2D eigenvalue weighted by Gasteiger charge is 2.18. The Kier molecular flexibility index (Phi) is 5.03. The molecule has 1 aliphatic rings. The normalized spacial score (nSPS) is 15.1. The molecule has 0 saturated carbocycles. The van der Waals surface area contributed by atoms with Crippen LogP contribution in [0.1, 0.15) is 17.5 Å². The van der Waals surface area contributed by atoms with Gasteiger partial charge in [-0.3, -0.25) is 4.90 Å². The van der Waals surface area contributed by atoms with Crippen molar-refractivity contribution in [1.29, 1.82) is 0 Å². The van der Waals surface area contributed by atoms with Crippen LogP contribution in [-0.4, -0.2) is 24.5 Å². The molecule has 110 valence electrons. The lowest BCUT2D eigenvalue weighted by Crippen LogP contribution is -2.43. The number of nitrogens with zero attached hydrogens (tertiary/aromatic N) is 1. The molecule has 1 aliphatic heterocycles. The molecule has 1 heterocycles. The molecule has 2 heteroatoms. The second-order valence-corrected chi connectivity index (χ2v) is 5.99. The largest absolute Gasteiger partial charge is 0.316 e. The Bertz CT molecular complexity index is 478. The molecule has 0 aliphatic carbocycles. The Morgan fingerprint density at radius 1 is 0.810 bits per heavy atom. The van der Waals surface area contributed by atoms with Gasteiger partial charge in [0.05, 0.1) is 0 Å². The molecule has 2 aromatic carbocycles. The molecule has 2 nitrogen and oxygen atoms in total. The van der Waals surface area contributed by atoms with E-state index in [4.69, 9.17) is 0 Å². The minimum Gasteiger partial charge on any atom is -0.316 e. The van der Waals surface area contributed by atoms with Gasteiger partial charge in [-0.15, -0.1) is 0 Å². The molecule has 1 saturated heterocycles. The smallest absolute Gasteiger partial charge is 0.0237 e. The number of hydrogen-bond donors (Lipinski definition) is 1. The zero-order chi connectivity index (χ0) is 14.3. The maximum atomic E-state index is 3.37. The third-order valence-electron chi connectivity index (χ3n) is 4.22. The molecule has 0 bridgehead atoms. The first-order valence-corrected chi connectivity index (χ1v) is 7.91. The summed E-state index contributed by atoms with van der Waals surface area (Å²) in [7, 11) is 0. The standard InChI is InChI=1S/C19H24N2/c1-3-7-17(8-4-1)15-21(12-11-19-13-20-14-19)16-18-9-5-2-6-10-18/h1-10,19-20H,11-16H2. The van der Waals surface area contributed by atoms with E-state index in [2.05, 4.69) is 70.9 Å². The topological polar surface area (TPSA) is 15.3 Å². The van der Waals surface area contributed by atoms with Gasteiger partial charge in [0.15, 0.2) is 0 Å². The van der Waals surface area contributed by atoms with E-state index in [1.165, 1.54) is 37.2 Å². The summed E-state index contributed by atoms with van der Waals surface area (Å²) >= 11 is 0. The highest BCUT2D eigenvalue weighted by atomic mass is 15.1. The van der Waals surface area contributed by atoms with Gasteiger partial charge >= 0.3 is 0 Å². The van der Waals surface area contributed by atoms with E-state index in [0.717, 1.165) is 19.0 Å². The third kappa shape index (κ3) is 4.42. The van der Waals surface area contributed by atoms with Gasteiger partial charge in [-0.2, -0.15) is 0 Å². The van der Waals surface area contributed by atoms with E-state index in [0.29, 0.717) is 0 Å². The zero-order valence-electron chi connectivity index (χ0n) is 12.5. The van der Waals surface area contributed by atoms with Crippen molar-refractivity contribution in [2.75, 3.05) is 19.6 Å². The van der Waals surface area contributed by atoms with Gasteiger partial charge < -0.3 is 5.32 Å². The average molecular weight is 280 g/mol. The quantitative estimate of drug-likeness (QED) is 0.837. The average Bonchev–Trinajstić information content (AvgIpc) is 2.47. The van der Waals surface area contributed by atoms with Crippen molar-refractivity contribution in [2.45, 2.75) is 19.5 Å². The first-order valence-electron chi connectivity index (χ1n) is 7.91. The summed E-state index contributed by atoms with van der Waals surface area (Å²) in [5.74, 6) is 0.874. The molecule has 0 amide bonds. The van der Waals surface area contributed by atoms with Gasteiger partial charge in [0.25, 0.3) is 0 Å². The van der Waals surface area contributed by atoms with Crippen LogP contribution in [0.5, 0.6) is 0 Å². The molecule has 2 aromatic rings. The third-order valence-corrected chi connectivity index (χ3v) is 4.22. The van der Waals surface area contributed by atoms with Crippen LogP contribution in [0.3, 0.4) is 0 Å². The predicted molar refractivity (Wildman–Crippen MR) is 88.0 cm³/mol. The fraction of sp³-hybridized carbons (Fsp3) is 0.368. The van der Waals surface area contributed by atoms with Crippen molar-refractivity contribution >= 4 is 0 Å². The number of hydrogen-bond acceptors (Lipinski definition) is 2. The SMILES string of the molecule is c1ccc(CN(CCC2CNC2)Cc2ccccc2)cc1. The number of benzene rings is 2. The number of nitrogens with one attached hydrogen (secondary N) is 1. The van der Waals surface area contributed by atoms with E-state index in [9.17, 15) is 0 Å². The van der Waals surface area contributed by atoms with E-state index in [1.54, 1.807) is 0 Å². The Morgan fingerprint density at radius 2 is 1.33 bits per heavy atom. The van der Waals surface area contributed by atoms with Gasteiger partial charge in [-0.05, 0) is 43.1 Å². The lowest BCUT2D eigenvalue weighted by molar-refractivity contribution is 0.213. The van der Waals surface area contributed by atoms with E-state index in [-0.39, 0.29) is 0 Å². The van der Waals surface area contributed by atoms with Crippen LogP contribution in [0.2, 0.25) is 0 Å². The molecule has 0 atom stereocenters. The van der Waals surface area contributed by atoms with Crippen LogP contribution >= 0.6 is 0 Å². The van der Waals surface area contributed by atoms with Crippen molar-refractivity contribution in [3.63, 3.8) is 0 Å². The van der Waals surface area contributed by atoms with E-state index in [1.807, 2.05) is 0 Å².